The fraction of sp³-hybridized carbons (Fsp3) is 0.909. The fourth-order valence-corrected chi connectivity index (χ4v) is 2.46. The summed E-state index contributed by atoms with van der Waals surface area (Å²) < 4.78 is 18.6. The number of nitrogens with zero attached hydrogens (tertiary/aromatic N) is 1. The number of carbonyl (C=O) groups is 1. The van der Waals surface area contributed by atoms with E-state index < -0.39 is 6.17 Å². The maximum Gasteiger partial charge on any atom is 0.239 e. The monoisotopic (exact) mass is 230 g/mol. The van der Waals surface area contributed by atoms with Crippen LogP contribution >= 0.6 is 0 Å². The van der Waals surface area contributed by atoms with Crippen molar-refractivity contribution < 1.29 is 13.9 Å². The molecule has 2 rings (SSSR count). The zero-order valence-electron chi connectivity index (χ0n) is 9.62. The first kappa shape index (κ1) is 11.8. The molecule has 0 spiro atoms. The van der Waals surface area contributed by atoms with Crippen molar-refractivity contribution in [3.05, 3.63) is 0 Å². The van der Waals surface area contributed by atoms with E-state index in [0.29, 0.717) is 13.0 Å². The first-order valence-corrected chi connectivity index (χ1v) is 5.91. The lowest BCUT2D eigenvalue weighted by Crippen LogP contribution is -2.52. The number of alkyl halides is 1. The number of nitrogens with one attached hydrogen (secondary N) is 1. The SMILES string of the molecule is COC1CCN(C(=O)[C@H]2CCCN2)CC1F. The number of amides is 1. The van der Waals surface area contributed by atoms with Gasteiger partial charge in [0.25, 0.3) is 0 Å². The third-order valence-corrected chi connectivity index (χ3v) is 3.45. The summed E-state index contributed by atoms with van der Waals surface area (Å²) in [5, 5.41) is 3.15. The highest BCUT2D eigenvalue weighted by Crippen LogP contribution is 2.19. The maximum absolute atomic E-state index is 13.6. The zero-order chi connectivity index (χ0) is 11.5. The molecule has 2 saturated heterocycles. The Labute approximate surface area is 95.1 Å². The summed E-state index contributed by atoms with van der Waals surface area (Å²) in [5.74, 6) is 0.0507. The molecule has 4 nitrogen and oxygen atoms in total. The fourth-order valence-electron chi connectivity index (χ4n) is 2.46. The van der Waals surface area contributed by atoms with E-state index in [1.54, 1.807) is 4.90 Å². The van der Waals surface area contributed by atoms with E-state index >= 15 is 0 Å². The third-order valence-electron chi connectivity index (χ3n) is 3.45. The van der Waals surface area contributed by atoms with Gasteiger partial charge in [0.1, 0.15) is 6.17 Å². The van der Waals surface area contributed by atoms with Gasteiger partial charge in [0.05, 0.1) is 18.7 Å². The molecule has 16 heavy (non-hydrogen) atoms. The average Bonchev–Trinajstić information content (AvgIpc) is 2.81. The Morgan fingerprint density at radius 2 is 2.31 bits per heavy atom. The molecule has 5 heteroatoms. The van der Waals surface area contributed by atoms with Crippen molar-refractivity contribution in [3.8, 4) is 0 Å². The molecule has 0 radical (unpaired) electrons. The molecule has 2 unspecified atom stereocenters. The molecule has 0 saturated carbocycles. The lowest BCUT2D eigenvalue weighted by atomic mass is 10.0. The van der Waals surface area contributed by atoms with Crippen molar-refractivity contribution in [2.75, 3.05) is 26.7 Å². The number of piperidine rings is 1. The second-order valence-corrected chi connectivity index (χ2v) is 4.51. The molecule has 0 aromatic carbocycles. The predicted molar refractivity (Wildman–Crippen MR) is 57.9 cm³/mol. The van der Waals surface area contributed by atoms with Gasteiger partial charge in [-0.25, -0.2) is 4.39 Å². The number of hydrogen-bond acceptors (Lipinski definition) is 3. The summed E-state index contributed by atoms with van der Waals surface area (Å²) in [4.78, 5) is 13.6. The van der Waals surface area contributed by atoms with Gasteiger partial charge in [0.15, 0.2) is 0 Å². The molecule has 0 aliphatic carbocycles. The molecule has 2 heterocycles. The number of ether oxygens (including phenoxy) is 1. The number of hydrogen-bond donors (Lipinski definition) is 1. The van der Waals surface area contributed by atoms with Crippen molar-refractivity contribution in [1.82, 2.24) is 10.2 Å². The van der Waals surface area contributed by atoms with Crippen LogP contribution in [0.25, 0.3) is 0 Å². The van der Waals surface area contributed by atoms with Crippen molar-refractivity contribution in [1.29, 1.82) is 0 Å². The number of carbonyl (C=O) groups excluding carboxylic acids is 1. The number of rotatable bonds is 2. The normalized spacial score (nSPS) is 35.4. The van der Waals surface area contributed by atoms with E-state index in [-0.39, 0.29) is 24.6 Å². The van der Waals surface area contributed by atoms with Gasteiger partial charge in [0.2, 0.25) is 5.91 Å². The Bertz CT molecular complexity index is 256. The molecule has 2 aliphatic heterocycles. The number of methoxy groups -OCH3 is 1. The predicted octanol–water partition coefficient (Wildman–Crippen LogP) is 0.324. The molecular weight excluding hydrogens is 211 g/mol. The van der Waals surface area contributed by atoms with Crippen molar-refractivity contribution >= 4 is 5.91 Å². The lowest BCUT2D eigenvalue weighted by molar-refractivity contribution is -0.138. The molecular formula is C11H19FN2O2. The van der Waals surface area contributed by atoms with Crippen LogP contribution < -0.4 is 5.32 Å². The second kappa shape index (κ2) is 5.10. The molecule has 0 aromatic rings. The van der Waals surface area contributed by atoms with Crippen LogP contribution in [0, 0.1) is 0 Å². The van der Waals surface area contributed by atoms with E-state index in [9.17, 15) is 9.18 Å². The highest BCUT2D eigenvalue weighted by molar-refractivity contribution is 5.82. The summed E-state index contributed by atoms with van der Waals surface area (Å²) >= 11 is 0. The third kappa shape index (κ3) is 2.35. The minimum Gasteiger partial charge on any atom is -0.378 e. The van der Waals surface area contributed by atoms with Crippen LogP contribution in [0.2, 0.25) is 0 Å². The van der Waals surface area contributed by atoms with E-state index in [0.717, 1.165) is 19.4 Å². The van der Waals surface area contributed by atoms with Crippen LogP contribution in [0.1, 0.15) is 19.3 Å². The van der Waals surface area contributed by atoms with Gasteiger partial charge >= 0.3 is 0 Å². The van der Waals surface area contributed by atoms with Crippen LogP contribution in [0.4, 0.5) is 4.39 Å². The zero-order valence-corrected chi connectivity index (χ0v) is 9.62. The van der Waals surface area contributed by atoms with E-state index in [4.69, 9.17) is 4.74 Å². The summed E-state index contributed by atoms with van der Waals surface area (Å²) in [6, 6.07) is -0.0914. The Morgan fingerprint density at radius 3 is 2.88 bits per heavy atom. The molecule has 2 aliphatic rings. The van der Waals surface area contributed by atoms with Crippen LogP contribution in [0.15, 0.2) is 0 Å². The molecule has 0 bridgehead atoms. The molecule has 92 valence electrons. The van der Waals surface area contributed by atoms with Crippen molar-refractivity contribution in [2.24, 2.45) is 0 Å². The lowest BCUT2D eigenvalue weighted by Gasteiger charge is -2.35. The van der Waals surface area contributed by atoms with Gasteiger partial charge in [-0.1, -0.05) is 0 Å². The van der Waals surface area contributed by atoms with Gasteiger partial charge in [-0.15, -0.1) is 0 Å². The molecule has 2 fully saturated rings. The van der Waals surface area contributed by atoms with Crippen LogP contribution in [-0.2, 0) is 9.53 Å². The Kier molecular flexibility index (Phi) is 3.76. The molecule has 1 N–H and O–H groups in total. The molecule has 3 atom stereocenters. The van der Waals surface area contributed by atoms with Gasteiger partial charge in [-0.05, 0) is 25.8 Å². The first-order chi connectivity index (χ1) is 7.72. The van der Waals surface area contributed by atoms with Crippen LogP contribution in [0.3, 0.4) is 0 Å². The van der Waals surface area contributed by atoms with Crippen LogP contribution in [-0.4, -0.2) is 55.9 Å². The topological polar surface area (TPSA) is 41.6 Å². The Morgan fingerprint density at radius 1 is 1.50 bits per heavy atom. The number of halogens is 1. The van der Waals surface area contributed by atoms with Gasteiger partial charge in [-0.3, -0.25) is 4.79 Å². The van der Waals surface area contributed by atoms with E-state index in [2.05, 4.69) is 5.32 Å². The minimum atomic E-state index is -1.05. The smallest absolute Gasteiger partial charge is 0.239 e. The Balaban J connectivity index is 1.88. The summed E-state index contributed by atoms with van der Waals surface area (Å²) in [5.41, 5.74) is 0. The summed E-state index contributed by atoms with van der Waals surface area (Å²) in [7, 11) is 1.52. The molecule has 0 aromatic heterocycles. The van der Waals surface area contributed by atoms with Crippen molar-refractivity contribution in [3.63, 3.8) is 0 Å². The van der Waals surface area contributed by atoms with Crippen molar-refractivity contribution in [2.45, 2.75) is 37.6 Å². The van der Waals surface area contributed by atoms with E-state index in [1.165, 1.54) is 7.11 Å². The van der Waals surface area contributed by atoms with E-state index in [1.807, 2.05) is 0 Å². The minimum absolute atomic E-state index is 0.0507. The highest BCUT2D eigenvalue weighted by atomic mass is 19.1. The first-order valence-electron chi connectivity index (χ1n) is 5.91. The number of likely N-dealkylation sites (tertiary alicyclic amines) is 1. The van der Waals surface area contributed by atoms with Gasteiger partial charge in [0, 0.05) is 13.7 Å². The van der Waals surface area contributed by atoms with Gasteiger partial charge < -0.3 is 15.0 Å². The highest BCUT2D eigenvalue weighted by Gasteiger charge is 2.34. The van der Waals surface area contributed by atoms with Crippen LogP contribution in [0.5, 0.6) is 0 Å². The second-order valence-electron chi connectivity index (χ2n) is 4.51. The largest absolute Gasteiger partial charge is 0.378 e. The summed E-state index contributed by atoms with van der Waals surface area (Å²) in [6.07, 6.45) is 1.10. The van der Waals surface area contributed by atoms with Gasteiger partial charge in [-0.2, -0.15) is 0 Å². The Hall–Kier alpha value is -0.680. The standard InChI is InChI=1S/C11H19FN2O2/c1-16-10-4-6-14(7-8(10)12)11(15)9-3-2-5-13-9/h8-10,13H,2-7H2,1H3/t8?,9-,10?/m1/s1. The maximum atomic E-state index is 13.6. The molecule has 1 amide bonds. The summed E-state index contributed by atoms with van der Waals surface area (Å²) in [6.45, 7) is 1.68. The average molecular weight is 230 g/mol. The quantitative estimate of drug-likeness (QED) is 0.743.